The zero-order valence-corrected chi connectivity index (χ0v) is 9.76. The molecule has 0 saturated carbocycles. The van der Waals surface area contributed by atoms with Crippen LogP contribution in [0.4, 0.5) is 5.69 Å². The van der Waals surface area contributed by atoms with E-state index in [0.29, 0.717) is 11.7 Å². The molecule has 90 valence electrons. The maximum atomic E-state index is 5.72. The van der Waals surface area contributed by atoms with Gasteiger partial charge in [-0.25, -0.2) is 9.50 Å². The van der Waals surface area contributed by atoms with Gasteiger partial charge in [-0.15, -0.1) is 0 Å². The van der Waals surface area contributed by atoms with Crippen molar-refractivity contribution in [3.63, 3.8) is 0 Å². The quantitative estimate of drug-likeness (QED) is 0.809. The maximum absolute atomic E-state index is 5.72. The normalized spacial score (nSPS) is 20.8. The molecule has 0 radical (unpaired) electrons. The molecule has 5 nitrogen and oxygen atoms in total. The predicted octanol–water partition coefficient (Wildman–Crippen LogP) is 0.996. The highest BCUT2D eigenvalue weighted by atomic mass is 15.3. The van der Waals surface area contributed by atoms with Gasteiger partial charge in [0, 0.05) is 12.5 Å². The Morgan fingerprint density at radius 3 is 3.18 bits per heavy atom. The van der Waals surface area contributed by atoms with Crippen LogP contribution in [-0.4, -0.2) is 27.2 Å². The molecule has 3 N–H and O–H groups in total. The first kappa shape index (κ1) is 10.5. The van der Waals surface area contributed by atoms with Crippen LogP contribution in [0, 0.1) is 0 Å². The molecule has 1 saturated heterocycles. The van der Waals surface area contributed by atoms with Crippen LogP contribution < -0.4 is 11.1 Å². The summed E-state index contributed by atoms with van der Waals surface area (Å²) in [6.45, 7) is 1.12. The van der Waals surface area contributed by atoms with Gasteiger partial charge in [0.1, 0.15) is 0 Å². The molecule has 2 aromatic rings. The number of hydrogen-bond donors (Lipinski definition) is 2. The van der Waals surface area contributed by atoms with Crippen molar-refractivity contribution in [2.45, 2.75) is 31.7 Å². The summed E-state index contributed by atoms with van der Waals surface area (Å²) in [7, 11) is 0. The first-order valence-corrected chi connectivity index (χ1v) is 6.15. The highest BCUT2D eigenvalue weighted by molar-refractivity contribution is 5.46. The molecule has 1 aliphatic heterocycles. The third kappa shape index (κ3) is 2.24. The average Bonchev–Trinajstić information content (AvgIpc) is 2.71. The van der Waals surface area contributed by atoms with Crippen LogP contribution in [0.3, 0.4) is 0 Å². The summed E-state index contributed by atoms with van der Waals surface area (Å²) in [5.74, 6) is 0.898. The molecule has 2 aromatic heterocycles. The van der Waals surface area contributed by atoms with E-state index in [2.05, 4.69) is 15.4 Å². The minimum absolute atomic E-state index is 0.526. The van der Waals surface area contributed by atoms with Gasteiger partial charge in [-0.05, 0) is 31.5 Å². The van der Waals surface area contributed by atoms with Crippen LogP contribution in [0.1, 0.15) is 25.1 Å². The number of nitrogen functional groups attached to an aromatic ring is 1. The van der Waals surface area contributed by atoms with Crippen LogP contribution in [-0.2, 0) is 6.42 Å². The Balaban J connectivity index is 1.80. The molecule has 0 spiro atoms. The van der Waals surface area contributed by atoms with Crippen molar-refractivity contribution in [1.29, 1.82) is 0 Å². The van der Waals surface area contributed by atoms with E-state index >= 15 is 0 Å². The van der Waals surface area contributed by atoms with Crippen molar-refractivity contribution in [2.75, 3.05) is 12.3 Å². The summed E-state index contributed by atoms with van der Waals surface area (Å²) in [5.41, 5.74) is 7.29. The van der Waals surface area contributed by atoms with Gasteiger partial charge < -0.3 is 11.1 Å². The van der Waals surface area contributed by atoms with Crippen LogP contribution in [0.5, 0.6) is 0 Å². The number of anilines is 1. The van der Waals surface area contributed by atoms with E-state index in [-0.39, 0.29) is 0 Å². The predicted molar refractivity (Wildman–Crippen MR) is 66.7 cm³/mol. The molecule has 1 atom stereocenters. The second kappa shape index (κ2) is 4.33. The second-order valence-corrected chi connectivity index (χ2v) is 4.64. The zero-order valence-electron chi connectivity index (χ0n) is 9.76. The SMILES string of the molecule is Nc1ccc2nc(CC3CCCCN3)nn2c1. The molecule has 1 unspecified atom stereocenters. The van der Waals surface area contributed by atoms with Gasteiger partial charge in [0.2, 0.25) is 0 Å². The third-order valence-electron chi connectivity index (χ3n) is 3.24. The molecule has 5 heteroatoms. The number of nitrogens with one attached hydrogen (secondary N) is 1. The summed E-state index contributed by atoms with van der Waals surface area (Å²) in [4.78, 5) is 4.50. The Morgan fingerprint density at radius 1 is 1.41 bits per heavy atom. The largest absolute Gasteiger partial charge is 0.397 e. The molecule has 1 aliphatic rings. The maximum Gasteiger partial charge on any atom is 0.155 e. The minimum atomic E-state index is 0.526. The van der Waals surface area contributed by atoms with Gasteiger partial charge in [-0.3, -0.25) is 0 Å². The van der Waals surface area contributed by atoms with Crippen molar-refractivity contribution < 1.29 is 0 Å². The second-order valence-electron chi connectivity index (χ2n) is 4.64. The molecule has 17 heavy (non-hydrogen) atoms. The molecule has 1 fully saturated rings. The Morgan fingerprint density at radius 2 is 2.35 bits per heavy atom. The standard InChI is InChI=1S/C12H17N5/c13-9-4-5-12-15-11(16-17(12)8-9)7-10-3-1-2-6-14-10/h4-5,8,10,14H,1-3,6-7,13H2. The van der Waals surface area contributed by atoms with Crippen molar-refractivity contribution in [3.05, 3.63) is 24.2 Å². The fourth-order valence-corrected chi connectivity index (χ4v) is 2.35. The molecule has 0 amide bonds. The van der Waals surface area contributed by atoms with Crippen LogP contribution >= 0.6 is 0 Å². The first-order valence-electron chi connectivity index (χ1n) is 6.15. The van der Waals surface area contributed by atoms with Gasteiger partial charge in [-0.1, -0.05) is 6.42 Å². The highest BCUT2D eigenvalue weighted by Crippen LogP contribution is 2.12. The highest BCUT2D eigenvalue weighted by Gasteiger charge is 2.15. The molecule has 0 bridgehead atoms. The van der Waals surface area contributed by atoms with Crippen LogP contribution in [0.2, 0.25) is 0 Å². The summed E-state index contributed by atoms with van der Waals surface area (Å²) in [6, 6.07) is 4.28. The molecular weight excluding hydrogens is 214 g/mol. The Labute approximate surface area is 100 Å². The number of pyridine rings is 1. The van der Waals surface area contributed by atoms with E-state index in [1.165, 1.54) is 19.3 Å². The lowest BCUT2D eigenvalue weighted by molar-refractivity contribution is 0.394. The summed E-state index contributed by atoms with van der Waals surface area (Å²) in [6.07, 6.45) is 6.52. The van der Waals surface area contributed by atoms with Crippen molar-refractivity contribution in [2.24, 2.45) is 0 Å². The van der Waals surface area contributed by atoms with Gasteiger partial charge in [0.05, 0.1) is 11.9 Å². The van der Waals surface area contributed by atoms with E-state index in [9.17, 15) is 0 Å². The molecule has 3 heterocycles. The Kier molecular flexibility index (Phi) is 2.68. The summed E-state index contributed by atoms with van der Waals surface area (Å²) < 4.78 is 1.76. The van der Waals surface area contributed by atoms with Crippen molar-refractivity contribution in [3.8, 4) is 0 Å². The lowest BCUT2D eigenvalue weighted by atomic mass is 10.0. The number of fused-ring (bicyclic) bond motifs is 1. The Hall–Kier alpha value is -1.62. The molecule has 0 aromatic carbocycles. The van der Waals surface area contributed by atoms with Gasteiger partial charge in [0.25, 0.3) is 0 Å². The van der Waals surface area contributed by atoms with Crippen LogP contribution in [0.15, 0.2) is 18.3 Å². The molecule has 0 aliphatic carbocycles. The minimum Gasteiger partial charge on any atom is -0.397 e. The van der Waals surface area contributed by atoms with E-state index in [0.717, 1.165) is 24.4 Å². The zero-order chi connectivity index (χ0) is 11.7. The van der Waals surface area contributed by atoms with E-state index in [4.69, 9.17) is 5.73 Å². The fraction of sp³-hybridized carbons (Fsp3) is 0.500. The van der Waals surface area contributed by atoms with E-state index in [1.807, 2.05) is 12.1 Å². The monoisotopic (exact) mass is 231 g/mol. The van der Waals surface area contributed by atoms with Gasteiger partial charge in [0.15, 0.2) is 11.5 Å². The van der Waals surface area contributed by atoms with Crippen LogP contribution in [0.25, 0.3) is 5.65 Å². The fourth-order valence-electron chi connectivity index (χ4n) is 2.35. The van der Waals surface area contributed by atoms with Crippen molar-refractivity contribution in [1.82, 2.24) is 19.9 Å². The smallest absolute Gasteiger partial charge is 0.155 e. The topological polar surface area (TPSA) is 68.2 Å². The first-order chi connectivity index (χ1) is 8.31. The number of nitrogens with zero attached hydrogens (tertiary/aromatic N) is 3. The Bertz CT molecular complexity index is 513. The van der Waals surface area contributed by atoms with E-state index < -0.39 is 0 Å². The number of nitrogens with two attached hydrogens (primary N) is 1. The number of rotatable bonds is 2. The molecule has 3 rings (SSSR count). The summed E-state index contributed by atoms with van der Waals surface area (Å²) in [5, 5.41) is 7.96. The third-order valence-corrected chi connectivity index (χ3v) is 3.24. The lowest BCUT2D eigenvalue weighted by Gasteiger charge is -2.21. The van der Waals surface area contributed by atoms with Gasteiger partial charge in [-0.2, -0.15) is 5.10 Å². The number of hydrogen-bond acceptors (Lipinski definition) is 4. The number of piperidine rings is 1. The van der Waals surface area contributed by atoms with Gasteiger partial charge >= 0.3 is 0 Å². The van der Waals surface area contributed by atoms with E-state index in [1.54, 1.807) is 10.7 Å². The lowest BCUT2D eigenvalue weighted by Crippen LogP contribution is -2.35. The number of aromatic nitrogens is 3. The average molecular weight is 231 g/mol. The van der Waals surface area contributed by atoms with Crippen molar-refractivity contribution >= 4 is 11.3 Å². The summed E-state index contributed by atoms with van der Waals surface area (Å²) >= 11 is 0. The molecular formula is C12H17N5.